The van der Waals surface area contributed by atoms with E-state index in [2.05, 4.69) is 6.07 Å². The minimum absolute atomic E-state index is 0.265. The Morgan fingerprint density at radius 2 is 1.81 bits per heavy atom. The second-order valence-corrected chi connectivity index (χ2v) is 4.41. The van der Waals surface area contributed by atoms with Crippen molar-refractivity contribution in [3.8, 4) is 11.5 Å². The van der Waals surface area contributed by atoms with E-state index in [9.17, 15) is 0 Å². The molecule has 2 N–H and O–H groups in total. The van der Waals surface area contributed by atoms with Crippen LogP contribution >= 0.6 is 0 Å². The topological polar surface area (TPSA) is 44.5 Å². The van der Waals surface area contributed by atoms with Crippen molar-refractivity contribution in [3.63, 3.8) is 0 Å². The molecule has 1 aliphatic carbocycles. The summed E-state index contributed by atoms with van der Waals surface area (Å²) in [7, 11) is 3.40. The van der Waals surface area contributed by atoms with Gasteiger partial charge < -0.3 is 15.2 Å². The Bertz CT molecular complexity index is 390. The van der Waals surface area contributed by atoms with Gasteiger partial charge in [-0.2, -0.15) is 0 Å². The fourth-order valence-electron chi connectivity index (χ4n) is 2.28. The summed E-state index contributed by atoms with van der Waals surface area (Å²) in [5, 5.41) is 0. The van der Waals surface area contributed by atoms with E-state index in [-0.39, 0.29) is 6.04 Å². The van der Waals surface area contributed by atoms with Crippen LogP contribution in [0.25, 0.3) is 0 Å². The Morgan fingerprint density at radius 1 is 1.12 bits per heavy atom. The molecule has 0 radical (unpaired) electrons. The molecule has 0 aromatic heterocycles. The minimum atomic E-state index is 0.265. The van der Waals surface area contributed by atoms with Crippen LogP contribution in [-0.4, -0.2) is 20.3 Å². The van der Waals surface area contributed by atoms with Crippen LogP contribution in [0.4, 0.5) is 0 Å². The van der Waals surface area contributed by atoms with Crippen LogP contribution in [-0.2, 0) is 0 Å². The van der Waals surface area contributed by atoms with Gasteiger partial charge in [0.05, 0.1) is 14.2 Å². The van der Waals surface area contributed by atoms with E-state index in [1.165, 1.54) is 5.56 Å². The van der Waals surface area contributed by atoms with Crippen LogP contribution in [0.5, 0.6) is 11.5 Å². The van der Waals surface area contributed by atoms with Crippen molar-refractivity contribution in [3.05, 3.63) is 23.3 Å². The van der Waals surface area contributed by atoms with E-state index in [0.29, 0.717) is 5.92 Å². The second kappa shape index (κ2) is 4.34. The summed E-state index contributed by atoms with van der Waals surface area (Å²) in [4.78, 5) is 0. The van der Waals surface area contributed by atoms with E-state index < -0.39 is 0 Å². The number of benzene rings is 1. The van der Waals surface area contributed by atoms with Gasteiger partial charge in [0, 0.05) is 17.5 Å². The summed E-state index contributed by atoms with van der Waals surface area (Å²) in [6.45, 7) is 2.02. The fraction of sp³-hybridized carbons (Fsp3) is 0.538. The summed E-state index contributed by atoms with van der Waals surface area (Å²) < 4.78 is 10.8. The largest absolute Gasteiger partial charge is 0.496 e. The average Bonchev–Trinajstić information content (AvgIpc) is 2.28. The highest BCUT2D eigenvalue weighted by Crippen LogP contribution is 2.42. The van der Waals surface area contributed by atoms with Crippen LogP contribution < -0.4 is 15.2 Å². The molecule has 0 spiro atoms. The van der Waals surface area contributed by atoms with Gasteiger partial charge in [-0.1, -0.05) is 0 Å². The molecule has 0 saturated heterocycles. The summed E-state index contributed by atoms with van der Waals surface area (Å²) in [6.07, 6.45) is 2.24. The predicted octanol–water partition coefficient (Wildman–Crippen LogP) is 2.22. The van der Waals surface area contributed by atoms with E-state index in [1.54, 1.807) is 14.2 Å². The van der Waals surface area contributed by atoms with Crippen molar-refractivity contribution in [1.82, 2.24) is 0 Å². The maximum absolute atomic E-state index is 6.01. The van der Waals surface area contributed by atoms with Crippen molar-refractivity contribution in [2.24, 2.45) is 5.73 Å². The first kappa shape index (κ1) is 11.3. The molecule has 3 heteroatoms. The quantitative estimate of drug-likeness (QED) is 0.851. The monoisotopic (exact) mass is 221 g/mol. The molecule has 16 heavy (non-hydrogen) atoms. The SMILES string of the molecule is COc1cc([C@H]2CC[C@@H]2N)c(OC)cc1C. The first-order valence-electron chi connectivity index (χ1n) is 5.65. The van der Waals surface area contributed by atoms with E-state index in [4.69, 9.17) is 15.2 Å². The van der Waals surface area contributed by atoms with Crippen LogP contribution in [0.2, 0.25) is 0 Å². The first-order valence-corrected chi connectivity index (χ1v) is 5.65. The molecule has 1 saturated carbocycles. The lowest BCUT2D eigenvalue weighted by atomic mass is 9.75. The van der Waals surface area contributed by atoms with E-state index in [1.807, 2.05) is 13.0 Å². The number of hydrogen-bond donors (Lipinski definition) is 1. The van der Waals surface area contributed by atoms with Crippen LogP contribution in [0, 0.1) is 6.92 Å². The Labute approximate surface area is 96.5 Å². The number of methoxy groups -OCH3 is 2. The van der Waals surface area contributed by atoms with Crippen LogP contribution in [0.3, 0.4) is 0 Å². The van der Waals surface area contributed by atoms with Gasteiger partial charge in [-0.15, -0.1) is 0 Å². The van der Waals surface area contributed by atoms with Crippen molar-refractivity contribution < 1.29 is 9.47 Å². The third-order valence-corrected chi connectivity index (χ3v) is 3.47. The number of aryl methyl sites for hydroxylation is 1. The van der Waals surface area contributed by atoms with Gasteiger partial charge in [-0.3, -0.25) is 0 Å². The normalized spacial score (nSPS) is 23.8. The van der Waals surface area contributed by atoms with Crippen molar-refractivity contribution >= 4 is 0 Å². The Balaban J connectivity index is 2.41. The summed E-state index contributed by atoms with van der Waals surface area (Å²) in [5.41, 5.74) is 8.29. The molecule has 0 aliphatic heterocycles. The first-order chi connectivity index (χ1) is 7.67. The maximum atomic E-state index is 6.01. The van der Waals surface area contributed by atoms with Crippen molar-refractivity contribution in [2.45, 2.75) is 31.7 Å². The molecule has 0 heterocycles. The Kier molecular flexibility index (Phi) is 3.06. The number of hydrogen-bond acceptors (Lipinski definition) is 3. The molecule has 88 valence electrons. The molecule has 3 nitrogen and oxygen atoms in total. The van der Waals surface area contributed by atoms with E-state index >= 15 is 0 Å². The Hall–Kier alpha value is -1.22. The molecule has 0 unspecified atom stereocenters. The van der Waals surface area contributed by atoms with Gasteiger partial charge >= 0.3 is 0 Å². The minimum Gasteiger partial charge on any atom is -0.496 e. The van der Waals surface area contributed by atoms with Crippen molar-refractivity contribution in [1.29, 1.82) is 0 Å². The third kappa shape index (κ3) is 1.76. The molecule has 1 fully saturated rings. The third-order valence-electron chi connectivity index (χ3n) is 3.47. The molecule has 2 atom stereocenters. The van der Waals surface area contributed by atoms with E-state index in [0.717, 1.165) is 29.9 Å². The standard InChI is InChI=1S/C13H19NO2/c1-8-6-13(16-3)10(7-12(8)15-2)9-4-5-11(9)14/h6-7,9,11H,4-5,14H2,1-3H3/t9-,11+/m1/s1. The second-order valence-electron chi connectivity index (χ2n) is 4.41. The highest BCUT2D eigenvalue weighted by atomic mass is 16.5. The maximum Gasteiger partial charge on any atom is 0.122 e. The number of nitrogens with two attached hydrogens (primary N) is 1. The lowest BCUT2D eigenvalue weighted by Gasteiger charge is -2.35. The molecule has 0 bridgehead atoms. The lowest BCUT2D eigenvalue weighted by molar-refractivity contribution is 0.326. The smallest absolute Gasteiger partial charge is 0.122 e. The Morgan fingerprint density at radius 3 is 2.25 bits per heavy atom. The molecule has 0 amide bonds. The number of ether oxygens (including phenoxy) is 2. The average molecular weight is 221 g/mol. The van der Waals surface area contributed by atoms with Gasteiger partial charge in [0.25, 0.3) is 0 Å². The highest BCUT2D eigenvalue weighted by Gasteiger charge is 2.31. The highest BCUT2D eigenvalue weighted by molar-refractivity contribution is 5.48. The van der Waals surface area contributed by atoms with Gasteiger partial charge in [-0.05, 0) is 37.5 Å². The van der Waals surface area contributed by atoms with Gasteiger partial charge in [0.1, 0.15) is 11.5 Å². The zero-order chi connectivity index (χ0) is 11.7. The number of rotatable bonds is 3. The van der Waals surface area contributed by atoms with Gasteiger partial charge in [0.15, 0.2) is 0 Å². The van der Waals surface area contributed by atoms with Crippen LogP contribution in [0.1, 0.15) is 29.9 Å². The lowest BCUT2D eigenvalue weighted by Crippen LogP contribution is -2.37. The molecular formula is C13H19NO2. The fourth-order valence-corrected chi connectivity index (χ4v) is 2.28. The molecule has 1 aromatic rings. The van der Waals surface area contributed by atoms with Gasteiger partial charge in [-0.25, -0.2) is 0 Å². The zero-order valence-corrected chi connectivity index (χ0v) is 10.1. The summed E-state index contributed by atoms with van der Waals surface area (Å²) in [5.74, 6) is 2.26. The summed E-state index contributed by atoms with van der Waals surface area (Å²) >= 11 is 0. The predicted molar refractivity (Wildman–Crippen MR) is 64.2 cm³/mol. The molecule has 2 rings (SSSR count). The molecular weight excluding hydrogens is 202 g/mol. The van der Waals surface area contributed by atoms with Crippen molar-refractivity contribution in [2.75, 3.05) is 14.2 Å². The van der Waals surface area contributed by atoms with Gasteiger partial charge in [0.2, 0.25) is 0 Å². The van der Waals surface area contributed by atoms with Crippen LogP contribution in [0.15, 0.2) is 12.1 Å². The zero-order valence-electron chi connectivity index (χ0n) is 10.1. The molecule has 1 aliphatic rings. The molecule has 1 aromatic carbocycles. The summed E-state index contributed by atoms with van der Waals surface area (Å²) in [6, 6.07) is 4.36.